The summed E-state index contributed by atoms with van der Waals surface area (Å²) in [4.78, 5) is 0. The van der Waals surface area contributed by atoms with Crippen molar-refractivity contribution < 1.29 is 0 Å². The molecule has 0 radical (unpaired) electrons. The average molecular weight is 337 g/mol. The van der Waals surface area contributed by atoms with E-state index in [0.29, 0.717) is 5.92 Å². The predicted octanol–water partition coefficient (Wildman–Crippen LogP) is 5.08. The molecule has 0 saturated carbocycles. The second kappa shape index (κ2) is 8.35. The van der Waals surface area contributed by atoms with Crippen LogP contribution >= 0.6 is 0 Å². The van der Waals surface area contributed by atoms with Crippen molar-refractivity contribution in [3.63, 3.8) is 0 Å². The Morgan fingerprint density at radius 3 is 2.42 bits per heavy atom. The largest absolute Gasteiger partial charge is 0.129 e. The van der Waals surface area contributed by atoms with E-state index in [1.54, 1.807) is 0 Å². The fourth-order valence-corrected chi connectivity index (χ4v) is 3.15. The summed E-state index contributed by atoms with van der Waals surface area (Å²) in [7, 11) is -1.44. The van der Waals surface area contributed by atoms with Crippen molar-refractivity contribution in [3.8, 4) is 11.5 Å². The molecule has 1 aromatic carbocycles. The molecule has 0 nitrogen and oxygen atoms in total. The van der Waals surface area contributed by atoms with Crippen LogP contribution in [-0.2, 0) is 0 Å². The van der Waals surface area contributed by atoms with Crippen LogP contribution in [0, 0.1) is 18.4 Å². The minimum Gasteiger partial charge on any atom is -0.127 e. The molecule has 0 bridgehead atoms. The molecule has 0 aliphatic heterocycles. The molecule has 0 amide bonds. The molecule has 1 heteroatoms. The van der Waals surface area contributed by atoms with Gasteiger partial charge in [0.25, 0.3) is 0 Å². The maximum atomic E-state index is 4.37. The van der Waals surface area contributed by atoms with E-state index in [0.717, 1.165) is 28.0 Å². The second-order valence-corrected chi connectivity index (χ2v) is 12.3. The third-order valence-corrected chi connectivity index (χ3v) is 5.25. The monoisotopic (exact) mass is 336 g/mol. The first-order valence-electron chi connectivity index (χ1n) is 8.78. The van der Waals surface area contributed by atoms with Crippen molar-refractivity contribution in [2.75, 3.05) is 0 Å². The Kier molecular flexibility index (Phi) is 7.05. The Balaban J connectivity index is 3.81. The Hall–Kier alpha value is -1.78. The van der Waals surface area contributed by atoms with Gasteiger partial charge in [0.2, 0.25) is 0 Å². The van der Waals surface area contributed by atoms with Crippen LogP contribution in [0.25, 0.3) is 12.2 Å². The number of rotatable bonds is 4. The average Bonchev–Trinajstić information content (AvgIpc) is 2.50. The highest BCUT2D eigenvalue weighted by Crippen LogP contribution is 2.19. The molecule has 0 saturated heterocycles. The van der Waals surface area contributed by atoms with Crippen molar-refractivity contribution in [1.82, 2.24) is 0 Å². The quantitative estimate of drug-likeness (QED) is 0.408. The van der Waals surface area contributed by atoms with Gasteiger partial charge in [-0.1, -0.05) is 76.9 Å². The van der Waals surface area contributed by atoms with Crippen LogP contribution in [0.2, 0.25) is 19.6 Å². The zero-order chi connectivity index (χ0) is 18.5. The van der Waals surface area contributed by atoms with E-state index < -0.39 is 8.07 Å². The van der Waals surface area contributed by atoms with Gasteiger partial charge in [-0.25, -0.2) is 0 Å². The summed E-state index contributed by atoms with van der Waals surface area (Å²) in [5, 5.41) is 2.25. The van der Waals surface area contributed by atoms with Crippen LogP contribution in [0.5, 0.6) is 0 Å². The van der Waals surface area contributed by atoms with Gasteiger partial charge in [0.15, 0.2) is 0 Å². The lowest BCUT2D eigenvalue weighted by Gasteiger charge is -2.14. The topological polar surface area (TPSA) is 0 Å². The second-order valence-electron chi connectivity index (χ2n) is 7.58. The van der Waals surface area contributed by atoms with Gasteiger partial charge in [0, 0.05) is 5.57 Å². The van der Waals surface area contributed by atoms with Crippen LogP contribution in [-0.4, -0.2) is 8.07 Å². The molecule has 1 aromatic rings. The van der Waals surface area contributed by atoms with Gasteiger partial charge >= 0.3 is 0 Å². The van der Waals surface area contributed by atoms with Crippen LogP contribution in [0.15, 0.2) is 36.4 Å². The standard InChI is InChI=1S/C23H32Si/c1-10-12-18(4)22(15-16-24(7,8)9)23-14-13-21(17(3)11-2)19(5)20(23)6/h10,12-14,17H,1,6,11H2,2-5,7-9H3/b18-12-,23-22-. The molecular formula is C23H32Si. The summed E-state index contributed by atoms with van der Waals surface area (Å²) in [6.07, 6.45) is 5.00. The summed E-state index contributed by atoms with van der Waals surface area (Å²) in [6.45, 7) is 23.8. The maximum absolute atomic E-state index is 4.37. The molecule has 0 aromatic heterocycles. The van der Waals surface area contributed by atoms with Gasteiger partial charge in [-0.2, -0.15) is 0 Å². The molecule has 0 aliphatic rings. The lowest BCUT2D eigenvalue weighted by molar-refractivity contribution is 0.727. The van der Waals surface area contributed by atoms with E-state index in [1.165, 1.54) is 11.1 Å². The van der Waals surface area contributed by atoms with Crippen molar-refractivity contribution in [2.24, 2.45) is 0 Å². The zero-order valence-corrected chi connectivity index (χ0v) is 17.5. The maximum Gasteiger partial charge on any atom is 0.129 e. The van der Waals surface area contributed by atoms with Crippen LogP contribution in [0.4, 0.5) is 0 Å². The summed E-state index contributed by atoms with van der Waals surface area (Å²) < 4.78 is 0. The molecule has 128 valence electrons. The molecule has 0 N–H and O–H groups in total. The summed E-state index contributed by atoms with van der Waals surface area (Å²) in [5.74, 6) is 4.02. The molecule has 0 heterocycles. The van der Waals surface area contributed by atoms with E-state index in [4.69, 9.17) is 0 Å². The Morgan fingerprint density at radius 1 is 1.29 bits per heavy atom. The van der Waals surface area contributed by atoms with Crippen molar-refractivity contribution in [3.05, 3.63) is 58.0 Å². The number of benzene rings is 1. The molecule has 1 rings (SSSR count). The van der Waals surface area contributed by atoms with E-state index in [2.05, 4.69) is 84.1 Å². The number of hydrogen-bond acceptors (Lipinski definition) is 0. The van der Waals surface area contributed by atoms with E-state index in [1.807, 2.05) is 12.2 Å². The first-order valence-corrected chi connectivity index (χ1v) is 12.3. The van der Waals surface area contributed by atoms with Crippen LogP contribution in [0.1, 0.15) is 44.2 Å². The van der Waals surface area contributed by atoms with Gasteiger partial charge in [0.1, 0.15) is 8.07 Å². The zero-order valence-electron chi connectivity index (χ0n) is 16.5. The Bertz CT molecular complexity index is 805. The van der Waals surface area contributed by atoms with E-state index >= 15 is 0 Å². The minimum atomic E-state index is -1.44. The predicted molar refractivity (Wildman–Crippen MR) is 113 cm³/mol. The van der Waals surface area contributed by atoms with Gasteiger partial charge in [-0.3, -0.25) is 0 Å². The number of hydrogen-bond donors (Lipinski definition) is 0. The van der Waals surface area contributed by atoms with Crippen molar-refractivity contribution in [1.29, 1.82) is 0 Å². The highest BCUT2D eigenvalue weighted by molar-refractivity contribution is 6.84. The smallest absolute Gasteiger partial charge is 0.127 e. The summed E-state index contributed by atoms with van der Waals surface area (Å²) in [6, 6.07) is 4.45. The van der Waals surface area contributed by atoms with Crippen molar-refractivity contribution in [2.45, 2.75) is 59.7 Å². The van der Waals surface area contributed by atoms with E-state index in [9.17, 15) is 0 Å². The summed E-state index contributed by atoms with van der Waals surface area (Å²) in [5.41, 5.74) is 8.43. The van der Waals surface area contributed by atoms with Gasteiger partial charge in [-0.15, -0.1) is 5.54 Å². The fraction of sp³-hybridized carbons (Fsp3) is 0.391. The SMILES string of the molecule is C=C/C=C(C)\C(C#C[Si](C)(C)C)=c1\ccc(C(C)CC)c(C)c1=C. The molecule has 0 aliphatic carbocycles. The van der Waals surface area contributed by atoms with Crippen LogP contribution < -0.4 is 10.4 Å². The Morgan fingerprint density at radius 2 is 1.92 bits per heavy atom. The number of allylic oxidation sites excluding steroid dienone is 3. The van der Waals surface area contributed by atoms with Gasteiger partial charge < -0.3 is 0 Å². The van der Waals surface area contributed by atoms with Crippen molar-refractivity contribution >= 4 is 20.2 Å². The molecule has 24 heavy (non-hydrogen) atoms. The molecule has 0 fully saturated rings. The van der Waals surface area contributed by atoms with E-state index in [-0.39, 0.29) is 0 Å². The third kappa shape index (κ3) is 5.11. The first-order chi connectivity index (χ1) is 11.1. The molecule has 0 spiro atoms. The lowest BCUT2D eigenvalue weighted by atomic mass is 9.91. The van der Waals surface area contributed by atoms with Crippen LogP contribution in [0.3, 0.4) is 0 Å². The van der Waals surface area contributed by atoms with Gasteiger partial charge in [-0.05, 0) is 53.3 Å². The third-order valence-electron chi connectivity index (χ3n) is 4.38. The van der Waals surface area contributed by atoms with Gasteiger partial charge in [0.05, 0.1) is 0 Å². The summed E-state index contributed by atoms with van der Waals surface area (Å²) >= 11 is 0. The normalized spacial score (nSPS) is 14.5. The minimum absolute atomic E-state index is 0.556. The lowest BCUT2D eigenvalue weighted by Crippen LogP contribution is -2.30. The highest BCUT2D eigenvalue weighted by atomic mass is 28.3. The molecule has 1 unspecified atom stereocenters. The first kappa shape index (κ1) is 20.3. The molecule has 1 atom stereocenters. The fourth-order valence-electron chi connectivity index (χ4n) is 2.65. The highest BCUT2D eigenvalue weighted by Gasteiger charge is 2.10. The molecular weight excluding hydrogens is 304 g/mol. The Labute approximate surface area is 149 Å².